The second-order valence-corrected chi connectivity index (χ2v) is 7.72. The Balaban J connectivity index is 1.55. The van der Waals surface area contributed by atoms with Crippen LogP contribution in [0.2, 0.25) is 0 Å². The zero-order valence-corrected chi connectivity index (χ0v) is 18.1. The Kier molecular flexibility index (Phi) is 6.89. The molecular formula is C22H22FN5O6. The first-order valence-electron chi connectivity index (χ1n) is 10.5. The highest BCUT2D eigenvalue weighted by Gasteiger charge is 2.48. The van der Waals surface area contributed by atoms with Gasteiger partial charge >= 0.3 is 5.97 Å². The second kappa shape index (κ2) is 10.0. The molecule has 0 unspecified atom stereocenters. The molecule has 34 heavy (non-hydrogen) atoms. The van der Waals surface area contributed by atoms with Gasteiger partial charge in [-0.2, -0.15) is 0 Å². The first-order chi connectivity index (χ1) is 16.4. The Labute approximate surface area is 192 Å². The van der Waals surface area contributed by atoms with E-state index in [0.29, 0.717) is 5.56 Å². The molecule has 0 radical (unpaired) electrons. The summed E-state index contributed by atoms with van der Waals surface area (Å²) in [4.78, 5) is 48.0. The smallest absolute Gasteiger partial charge is 0.306 e. The number of ketones is 1. The van der Waals surface area contributed by atoms with Crippen molar-refractivity contribution in [1.29, 1.82) is 0 Å². The summed E-state index contributed by atoms with van der Waals surface area (Å²) in [6, 6.07) is 8.50. The van der Waals surface area contributed by atoms with Crippen LogP contribution < -0.4 is 5.32 Å². The quantitative estimate of drug-likeness (QED) is 0.468. The molecule has 4 rings (SSSR count). The monoisotopic (exact) mass is 471 g/mol. The number of benzene rings is 1. The molecule has 0 bridgehead atoms. The summed E-state index contributed by atoms with van der Waals surface area (Å²) in [5, 5.41) is 12.3. The molecule has 2 N–H and O–H groups in total. The first kappa shape index (κ1) is 23.4. The lowest BCUT2D eigenvalue weighted by Gasteiger charge is -2.18. The molecule has 1 aromatic carbocycles. The zero-order valence-electron chi connectivity index (χ0n) is 18.1. The number of nitrogens with one attached hydrogen (secondary N) is 1. The lowest BCUT2D eigenvalue weighted by atomic mass is 10.1. The number of hydrogen-bond acceptors (Lipinski definition) is 9. The van der Waals surface area contributed by atoms with Gasteiger partial charge < -0.3 is 24.7 Å². The van der Waals surface area contributed by atoms with Crippen LogP contribution >= 0.6 is 0 Å². The number of ether oxygens (including phenoxy) is 2. The van der Waals surface area contributed by atoms with Crippen LogP contribution in [-0.4, -0.2) is 67.3 Å². The van der Waals surface area contributed by atoms with E-state index >= 15 is 4.39 Å². The topological polar surface area (TPSA) is 146 Å². The summed E-state index contributed by atoms with van der Waals surface area (Å²) < 4.78 is 27.4. The number of aliphatic hydroxyl groups is 1. The van der Waals surface area contributed by atoms with Crippen LogP contribution in [0, 0.1) is 0 Å². The summed E-state index contributed by atoms with van der Waals surface area (Å²) in [5.74, 6) is -1.26. The number of alkyl halides is 1. The molecule has 1 aliphatic rings. The molecule has 1 aliphatic heterocycles. The maximum Gasteiger partial charge on any atom is 0.306 e. The van der Waals surface area contributed by atoms with Crippen molar-refractivity contribution in [2.75, 3.05) is 11.9 Å². The molecule has 2 aromatic heterocycles. The number of aromatic nitrogens is 4. The fourth-order valence-electron chi connectivity index (χ4n) is 3.59. The van der Waals surface area contributed by atoms with Gasteiger partial charge in [0, 0.05) is 12.0 Å². The molecule has 4 atom stereocenters. The number of carbonyl (C=O) groups is 3. The molecular weight excluding hydrogens is 449 g/mol. The SMILES string of the molecule is CC(=O)CCC(=O)O[C@H]1[C@@H](F)[C@H](n2cnc3c(NC(=O)c4ccccc4)ncnc32)O[C@@H]1CO. The van der Waals surface area contributed by atoms with Gasteiger partial charge in [0.15, 0.2) is 35.5 Å². The summed E-state index contributed by atoms with van der Waals surface area (Å²) in [6.07, 6.45) is -3.45. The van der Waals surface area contributed by atoms with E-state index in [1.807, 2.05) is 0 Å². The van der Waals surface area contributed by atoms with Gasteiger partial charge in [0.25, 0.3) is 5.91 Å². The van der Waals surface area contributed by atoms with Crippen LogP contribution in [0.15, 0.2) is 43.0 Å². The van der Waals surface area contributed by atoms with Gasteiger partial charge in [0.1, 0.15) is 18.2 Å². The maximum atomic E-state index is 15.3. The minimum absolute atomic E-state index is 0.0306. The number of Topliss-reactive ketones (excluding diaryl/α,β-unsaturated/α-hetero) is 1. The van der Waals surface area contributed by atoms with Gasteiger partial charge in [0.2, 0.25) is 0 Å². The van der Waals surface area contributed by atoms with Crippen molar-refractivity contribution >= 4 is 34.6 Å². The largest absolute Gasteiger partial charge is 0.456 e. The highest BCUT2D eigenvalue weighted by atomic mass is 19.1. The van der Waals surface area contributed by atoms with E-state index in [2.05, 4.69) is 20.3 Å². The predicted octanol–water partition coefficient (Wildman–Crippen LogP) is 1.59. The van der Waals surface area contributed by atoms with Gasteiger partial charge in [-0.05, 0) is 19.1 Å². The van der Waals surface area contributed by atoms with Crippen LogP contribution in [0.5, 0.6) is 0 Å². The van der Waals surface area contributed by atoms with E-state index in [1.54, 1.807) is 30.3 Å². The molecule has 0 aliphatic carbocycles. The van der Waals surface area contributed by atoms with Crippen molar-refractivity contribution in [1.82, 2.24) is 19.5 Å². The van der Waals surface area contributed by atoms with Crippen molar-refractivity contribution in [2.24, 2.45) is 0 Å². The van der Waals surface area contributed by atoms with Gasteiger partial charge in [-0.3, -0.25) is 14.2 Å². The van der Waals surface area contributed by atoms with Crippen molar-refractivity contribution in [3.05, 3.63) is 48.5 Å². The summed E-state index contributed by atoms with van der Waals surface area (Å²) in [5.41, 5.74) is 0.785. The number of hydrogen-bond donors (Lipinski definition) is 2. The standard InChI is InChI=1S/C22H22FN5O6/c1-12(30)7-8-15(31)34-18-14(9-29)33-22(16(18)23)28-11-26-17-19(24-10-25-20(17)28)27-21(32)13-5-3-2-4-6-13/h2-6,10-11,14,16,18,22,29H,7-9H2,1H3,(H,24,25,27,32)/t14-,16-,18-,22-/m1/s1. The number of anilines is 1. The highest BCUT2D eigenvalue weighted by Crippen LogP contribution is 2.36. The molecule has 178 valence electrons. The maximum absolute atomic E-state index is 15.3. The van der Waals surface area contributed by atoms with Crippen molar-refractivity contribution in [3.8, 4) is 0 Å². The molecule has 0 saturated carbocycles. The summed E-state index contributed by atoms with van der Waals surface area (Å²) in [6.45, 7) is 0.737. The number of fused-ring (bicyclic) bond motifs is 1. The second-order valence-electron chi connectivity index (χ2n) is 7.72. The van der Waals surface area contributed by atoms with Gasteiger partial charge in [0.05, 0.1) is 19.4 Å². The predicted molar refractivity (Wildman–Crippen MR) is 115 cm³/mol. The molecule has 1 fully saturated rings. The van der Waals surface area contributed by atoms with E-state index < -0.39 is 43.1 Å². The molecule has 1 saturated heterocycles. The number of nitrogens with zero attached hydrogens (tertiary/aromatic N) is 4. The Morgan fingerprint density at radius 3 is 2.65 bits per heavy atom. The van der Waals surface area contributed by atoms with E-state index in [0.717, 1.165) is 0 Å². The Hall–Kier alpha value is -3.77. The van der Waals surface area contributed by atoms with E-state index in [-0.39, 0.29) is 35.6 Å². The van der Waals surface area contributed by atoms with Crippen molar-refractivity contribution in [3.63, 3.8) is 0 Å². The van der Waals surface area contributed by atoms with Crippen LogP contribution in [0.1, 0.15) is 36.4 Å². The summed E-state index contributed by atoms with van der Waals surface area (Å²) in [7, 11) is 0. The summed E-state index contributed by atoms with van der Waals surface area (Å²) >= 11 is 0. The molecule has 12 heteroatoms. The minimum atomic E-state index is -1.85. The number of amides is 1. The van der Waals surface area contributed by atoms with E-state index in [9.17, 15) is 19.5 Å². The third-order valence-corrected chi connectivity index (χ3v) is 5.30. The van der Waals surface area contributed by atoms with Crippen LogP contribution in [0.3, 0.4) is 0 Å². The van der Waals surface area contributed by atoms with Crippen LogP contribution in [-0.2, 0) is 19.1 Å². The average molecular weight is 471 g/mol. The third-order valence-electron chi connectivity index (χ3n) is 5.30. The molecule has 3 aromatic rings. The van der Waals surface area contributed by atoms with Gasteiger partial charge in [-0.25, -0.2) is 19.3 Å². The molecule has 3 heterocycles. The number of aliphatic hydroxyl groups excluding tert-OH is 1. The number of carbonyl (C=O) groups excluding carboxylic acids is 3. The van der Waals surface area contributed by atoms with Crippen LogP contribution in [0.25, 0.3) is 11.2 Å². The zero-order chi connectivity index (χ0) is 24.2. The number of imidazole rings is 1. The Morgan fingerprint density at radius 1 is 1.18 bits per heavy atom. The van der Waals surface area contributed by atoms with E-state index in [1.165, 1.54) is 24.1 Å². The Bertz CT molecular complexity index is 1200. The van der Waals surface area contributed by atoms with Crippen molar-refractivity contribution < 1.29 is 33.4 Å². The first-order valence-corrected chi connectivity index (χ1v) is 10.5. The Morgan fingerprint density at radius 2 is 1.94 bits per heavy atom. The number of rotatable bonds is 8. The lowest BCUT2D eigenvalue weighted by Crippen LogP contribution is -2.35. The normalized spacial score (nSPS) is 22.0. The highest BCUT2D eigenvalue weighted by molar-refractivity contribution is 6.06. The third kappa shape index (κ3) is 4.77. The molecule has 1 amide bonds. The fraction of sp³-hybridized carbons (Fsp3) is 0.364. The fourth-order valence-corrected chi connectivity index (χ4v) is 3.59. The lowest BCUT2D eigenvalue weighted by molar-refractivity contribution is -0.155. The van der Waals surface area contributed by atoms with E-state index in [4.69, 9.17) is 9.47 Å². The van der Waals surface area contributed by atoms with Gasteiger partial charge in [-0.1, -0.05) is 18.2 Å². The van der Waals surface area contributed by atoms with Gasteiger partial charge in [-0.15, -0.1) is 0 Å². The number of halogens is 1. The minimum Gasteiger partial charge on any atom is -0.456 e. The van der Waals surface area contributed by atoms with Crippen LogP contribution in [0.4, 0.5) is 10.2 Å². The number of esters is 1. The average Bonchev–Trinajstić information content (AvgIpc) is 3.40. The van der Waals surface area contributed by atoms with Crippen molar-refractivity contribution in [2.45, 2.75) is 44.4 Å². The molecule has 0 spiro atoms. The molecule has 11 nitrogen and oxygen atoms in total.